The van der Waals surface area contributed by atoms with Crippen LogP contribution in [-0.2, 0) is 11.2 Å². The standard InChI is InChI=1S/C27H42O3/c1-3-4-5-6-7-8-9-10-11-12-13-14-15-16-17-24-18-20-25(21-19-24)26(28)22-23(2)27(29)30/h18-22H,3-17H2,1-2H3,(H,29,30). The molecule has 1 aromatic carbocycles. The molecule has 1 rings (SSSR count). The van der Waals surface area contributed by atoms with E-state index in [2.05, 4.69) is 6.92 Å². The minimum Gasteiger partial charge on any atom is -0.478 e. The Morgan fingerprint density at radius 2 is 1.17 bits per heavy atom. The fourth-order valence-corrected chi connectivity index (χ4v) is 3.70. The molecular weight excluding hydrogens is 372 g/mol. The van der Waals surface area contributed by atoms with E-state index in [4.69, 9.17) is 5.11 Å². The molecule has 0 saturated heterocycles. The van der Waals surface area contributed by atoms with Crippen molar-refractivity contribution in [1.29, 1.82) is 0 Å². The molecule has 0 spiro atoms. The Labute approximate surface area is 184 Å². The first kappa shape index (κ1) is 26.1. The van der Waals surface area contributed by atoms with Crippen molar-refractivity contribution < 1.29 is 14.7 Å². The summed E-state index contributed by atoms with van der Waals surface area (Å²) >= 11 is 0. The molecule has 30 heavy (non-hydrogen) atoms. The van der Waals surface area contributed by atoms with Gasteiger partial charge in [-0.15, -0.1) is 0 Å². The maximum Gasteiger partial charge on any atom is 0.331 e. The lowest BCUT2D eigenvalue weighted by molar-refractivity contribution is -0.132. The van der Waals surface area contributed by atoms with Gasteiger partial charge in [-0.2, -0.15) is 0 Å². The van der Waals surface area contributed by atoms with E-state index in [0.717, 1.165) is 6.42 Å². The van der Waals surface area contributed by atoms with Gasteiger partial charge in [-0.25, -0.2) is 4.79 Å². The first-order chi connectivity index (χ1) is 14.5. The van der Waals surface area contributed by atoms with E-state index in [9.17, 15) is 9.59 Å². The Morgan fingerprint density at radius 1 is 0.733 bits per heavy atom. The molecule has 0 atom stereocenters. The number of ketones is 1. The normalized spacial score (nSPS) is 11.6. The molecule has 0 aliphatic rings. The van der Waals surface area contributed by atoms with Crippen LogP contribution < -0.4 is 0 Å². The van der Waals surface area contributed by atoms with Crippen LogP contribution in [0.25, 0.3) is 0 Å². The van der Waals surface area contributed by atoms with Gasteiger partial charge in [-0.3, -0.25) is 4.79 Å². The van der Waals surface area contributed by atoms with Crippen molar-refractivity contribution in [2.45, 2.75) is 110 Å². The van der Waals surface area contributed by atoms with E-state index in [1.165, 1.54) is 108 Å². The predicted molar refractivity (Wildman–Crippen MR) is 126 cm³/mol. The highest BCUT2D eigenvalue weighted by Gasteiger charge is 2.07. The molecule has 0 heterocycles. The minimum atomic E-state index is -1.06. The summed E-state index contributed by atoms with van der Waals surface area (Å²) in [6.45, 7) is 3.71. The van der Waals surface area contributed by atoms with Crippen LogP contribution in [0, 0.1) is 0 Å². The largest absolute Gasteiger partial charge is 0.478 e. The number of rotatable bonds is 18. The minimum absolute atomic E-state index is 0.0616. The molecule has 0 bridgehead atoms. The van der Waals surface area contributed by atoms with Crippen molar-refractivity contribution in [3.8, 4) is 0 Å². The lowest BCUT2D eigenvalue weighted by Crippen LogP contribution is -2.02. The summed E-state index contributed by atoms with van der Waals surface area (Å²) in [5.74, 6) is -1.31. The molecule has 0 aliphatic carbocycles. The zero-order chi connectivity index (χ0) is 22.0. The van der Waals surface area contributed by atoms with Crippen LogP contribution in [0.15, 0.2) is 35.9 Å². The van der Waals surface area contributed by atoms with Crippen molar-refractivity contribution in [3.05, 3.63) is 47.0 Å². The molecule has 0 amide bonds. The average Bonchev–Trinajstić information content (AvgIpc) is 2.74. The third-order valence-electron chi connectivity index (χ3n) is 5.74. The lowest BCUT2D eigenvalue weighted by atomic mass is 10.0. The fraction of sp³-hybridized carbons (Fsp3) is 0.630. The Kier molecular flexibility index (Phi) is 14.7. The molecule has 3 heteroatoms. The average molecular weight is 415 g/mol. The highest BCUT2D eigenvalue weighted by Crippen LogP contribution is 2.15. The summed E-state index contributed by atoms with van der Waals surface area (Å²) < 4.78 is 0. The fourth-order valence-electron chi connectivity index (χ4n) is 3.70. The molecule has 0 saturated carbocycles. The molecule has 3 nitrogen and oxygen atoms in total. The van der Waals surface area contributed by atoms with Crippen molar-refractivity contribution in [2.75, 3.05) is 0 Å². The van der Waals surface area contributed by atoms with E-state index in [1.807, 2.05) is 12.1 Å². The molecule has 168 valence electrons. The van der Waals surface area contributed by atoms with Crippen LogP contribution in [0.5, 0.6) is 0 Å². The van der Waals surface area contributed by atoms with Gasteiger partial charge in [0.2, 0.25) is 0 Å². The van der Waals surface area contributed by atoms with Gasteiger partial charge in [0.15, 0.2) is 5.78 Å². The van der Waals surface area contributed by atoms with Crippen molar-refractivity contribution in [2.24, 2.45) is 0 Å². The molecule has 0 radical (unpaired) electrons. The molecule has 0 unspecified atom stereocenters. The number of carbonyl (C=O) groups excluding carboxylic acids is 1. The van der Waals surface area contributed by atoms with Gasteiger partial charge in [0.05, 0.1) is 0 Å². The second-order valence-electron chi connectivity index (χ2n) is 8.54. The van der Waals surface area contributed by atoms with Gasteiger partial charge < -0.3 is 5.11 Å². The zero-order valence-electron chi connectivity index (χ0n) is 19.3. The van der Waals surface area contributed by atoms with Gasteiger partial charge in [0.1, 0.15) is 0 Å². The van der Waals surface area contributed by atoms with E-state index >= 15 is 0 Å². The van der Waals surface area contributed by atoms with Crippen LogP contribution in [0.4, 0.5) is 0 Å². The third-order valence-corrected chi connectivity index (χ3v) is 5.74. The quantitative estimate of drug-likeness (QED) is 0.151. The summed E-state index contributed by atoms with van der Waals surface area (Å²) in [4.78, 5) is 22.8. The summed E-state index contributed by atoms with van der Waals surface area (Å²) in [5, 5.41) is 8.86. The number of unbranched alkanes of at least 4 members (excludes halogenated alkanes) is 13. The lowest BCUT2D eigenvalue weighted by Gasteiger charge is -2.04. The SMILES string of the molecule is CCCCCCCCCCCCCCCCc1ccc(C(=O)C=C(C)C(=O)O)cc1. The van der Waals surface area contributed by atoms with E-state index in [1.54, 1.807) is 12.1 Å². The highest BCUT2D eigenvalue weighted by atomic mass is 16.4. The monoisotopic (exact) mass is 414 g/mol. The Morgan fingerprint density at radius 3 is 1.60 bits per heavy atom. The van der Waals surface area contributed by atoms with Crippen LogP contribution in [-0.4, -0.2) is 16.9 Å². The number of hydrogen-bond donors (Lipinski definition) is 1. The molecule has 0 aliphatic heterocycles. The number of carboxylic acid groups (broad SMARTS) is 1. The summed E-state index contributed by atoms with van der Waals surface area (Å²) in [7, 11) is 0. The van der Waals surface area contributed by atoms with Crippen LogP contribution in [0.3, 0.4) is 0 Å². The maximum atomic E-state index is 12.0. The first-order valence-electron chi connectivity index (χ1n) is 12.1. The van der Waals surface area contributed by atoms with Crippen molar-refractivity contribution in [3.63, 3.8) is 0 Å². The second-order valence-corrected chi connectivity index (χ2v) is 8.54. The Balaban J connectivity index is 2.04. The molecule has 1 aromatic rings. The number of aliphatic carboxylic acids is 1. The van der Waals surface area contributed by atoms with Crippen molar-refractivity contribution in [1.82, 2.24) is 0 Å². The highest BCUT2D eigenvalue weighted by molar-refractivity contribution is 6.08. The number of allylic oxidation sites excluding steroid dienone is 1. The van der Waals surface area contributed by atoms with Gasteiger partial charge >= 0.3 is 5.97 Å². The number of carbonyl (C=O) groups is 2. The number of benzene rings is 1. The van der Waals surface area contributed by atoms with Gasteiger partial charge in [-0.05, 0) is 31.4 Å². The van der Waals surface area contributed by atoms with Gasteiger partial charge in [0, 0.05) is 11.1 Å². The predicted octanol–water partition coefficient (Wildman–Crippen LogP) is 7.92. The molecular formula is C27H42O3. The zero-order valence-corrected chi connectivity index (χ0v) is 19.3. The maximum absolute atomic E-state index is 12.0. The van der Waals surface area contributed by atoms with E-state index in [-0.39, 0.29) is 11.4 Å². The van der Waals surface area contributed by atoms with E-state index < -0.39 is 5.97 Å². The van der Waals surface area contributed by atoms with Crippen molar-refractivity contribution >= 4 is 11.8 Å². The number of carboxylic acids is 1. The summed E-state index contributed by atoms with van der Waals surface area (Å²) in [5.41, 5.74) is 1.84. The van der Waals surface area contributed by atoms with Gasteiger partial charge in [0.25, 0.3) is 0 Å². The number of aryl methyl sites for hydroxylation is 1. The Bertz CT molecular complexity index is 628. The Hall–Kier alpha value is -1.90. The summed E-state index contributed by atoms with van der Waals surface area (Å²) in [6.07, 6.45) is 21.3. The molecule has 0 aromatic heterocycles. The van der Waals surface area contributed by atoms with Crippen LogP contribution in [0.1, 0.15) is 120 Å². The molecule has 0 fully saturated rings. The third kappa shape index (κ3) is 12.6. The smallest absolute Gasteiger partial charge is 0.331 e. The van der Waals surface area contributed by atoms with Gasteiger partial charge in [-0.1, -0.05) is 115 Å². The molecule has 1 N–H and O–H groups in total. The van der Waals surface area contributed by atoms with Crippen LogP contribution in [0.2, 0.25) is 0 Å². The first-order valence-corrected chi connectivity index (χ1v) is 12.1. The van der Waals surface area contributed by atoms with E-state index in [0.29, 0.717) is 5.56 Å². The van der Waals surface area contributed by atoms with Crippen LogP contribution >= 0.6 is 0 Å². The topological polar surface area (TPSA) is 54.4 Å². The second kappa shape index (κ2) is 16.8. The number of hydrogen-bond acceptors (Lipinski definition) is 2. The summed E-state index contributed by atoms with van der Waals surface area (Å²) in [6, 6.07) is 7.57.